The van der Waals surface area contributed by atoms with Crippen molar-refractivity contribution in [2.75, 3.05) is 11.9 Å². The third kappa shape index (κ3) is 4.49. The molecule has 0 saturated heterocycles. The Balaban J connectivity index is 1.13. The van der Waals surface area contributed by atoms with Crippen LogP contribution in [0, 0.1) is 0 Å². The summed E-state index contributed by atoms with van der Waals surface area (Å²) in [5, 5.41) is 7.20. The Bertz CT molecular complexity index is 2690. The van der Waals surface area contributed by atoms with Gasteiger partial charge in [0.25, 0.3) is 0 Å². The van der Waals surface area contributed by atoms with Gasteiger partial charge in [-0.1, -0.05) is 127 Å². The first kappa shape index (κ1) is 27.5. The first-order chi connectivity index (χ1) is 24.3. The molecule has 49 heavy (non-hydrogen) atoms. The summed E-state index contributed by atoms with van der Waals surface area (Å²) in [6.45, 7) is 0.806. The lowest BCUT2D eigenvalue weighted by molar-refractivity contribution is 1.07. The summed E-state index contributed by atoms with van der Waals surface area (Å²) in [5.74, 6) is 1.94. The monoisotopic (exact) mass is 628 g/mol. The molecule has 0 aliphatic carbocycles. The molecule has 3 aromatic heterocycles. The number of nitrogens with one attached hydrogen (secondary N) is 1. The van der Waals surface area contributed by atoms with Crippen LogP contribution < -0.4 is 5.32 Å². The van der Waals surface area contributed by atoms with E-state index in [0.29, 0.717) is 17.5 Å². The Labute approximate surface area is 282 Å². The first-order valence-corrected chi connectivity index (χ1v) is 16.5. The van der Waals surface area contributed by atoms with Crippen LogP contribution in [0.3, 0.4) is 0 Å². The molecule has 230 valence electrons. The zero-order chi connectivity index (χ0) is 32.3. The van der Waals surface area contributed by atoms with Crippen LogP contribution in [-0.2, 0) is 0 Å². The Morgan fingerprint density at radius 2 is 1.08 bits per heavy atom. The average molecular weight is 629 g/mol. The summed E-state index contributed by atoms with van der Waals surface area (Å²) in [5.41, 5.74) is 11.6. The largest absolute Gasteiger partial charge is 0.381 e. The van der Waals surface area contributed by atoms with Gasteiger partial charge in [0.05, 0.1) is 22.2 Å². The molecule has 6 heteroatoms. The highest BCUT2D eigenvalue weighted by Gasteiger charge is 2.19. The van der Waals surface area contributed by atoms with Gasteiger partial charge in [0, 0.05) is 39.4 Å². The molecule has 0 saturated carbocycles. The van der Waals surface area contributed by atoms with Crippen LogP contribution >= 0.6 is 0 Å². The highest BCUT2D eigenvalue weighted by atomic mass is 15.0. The van der Waals surface area contributed by atoms with E-state index in [-0.39, 0.29) is 0 Å². The summed E-state index contributed by atoms with van der Waals surface area (Å²) >= 11 is 0. The lowest BCUT2D eigenvalue weighted by Gasteiger charge is -2.19. The zero-order valence-corrected chi connectivity index (χ0v) is 26.4. The summed E-state index contributed by atoms with van der Waals surface area (Å²) in [6.07, 6.45) is 4.37. The average Bonchev–Trinajstić information content (AvgIpc) is 3.58. The van der Waals surface area contributed by atoms with E-state index in [1.807, 2.05) is 60.7 Å². The van der Waals surface area contributed by atoms with E-state index in [0.717, 1.165) is 61.9 Å². The molecule has 0 bridgehead atoms. The Morgan fingerprint density at radius 1 is 0.490 bits per heavy atom. The fraction of sp³-hybridized carbons (Fsp3) is 0.0233. The number of fused-ring (bicyclic) bond motifs is 10. The van der Waals surface area contributed by atoms with Crippen LogP contribution in [0.5, 0.6) is 0 Å². The van der Waals surface area contributed by atoms with Gasteiger partial charge in [-0.25, -0.2) is 19.9 Å². The van der Waals surface area contributed by atoms with Crippen molar-refractivity contribution in [1.82, 2.24) is 24.3 Å². The van der Waals surface area contributed by atoms with Gasteiger partial charge in [0.1, 0.15) is 5.65 Å². The van der Waals surface area contributed by atoms with Crippen LogP contribution in [-0.4, -0.2) is 30.9 Å². The van der Waals surface area contributed by atoms with Crippen molar-refractivity contribution in [1.29, 1.82) is 0 Å². The minimum atomic E-state index is 0.641. The van der Waals surface area contributed by atoms with Gasteiger partial charge in [-0.2, -0.15) is 0 Å². The quantitative estimate of drug-likeness (QED) is 0.197. The fourth-order valence-corrected chi connectivity index (χ4v) is 7.07. The van der Waals surface area contributed by atoms with Gasteiger partial charge in [-0.15, -0.1) is 0 Å². The van der Waals surface area contributed by atoms with Crippen molar-refractivity contribution in [2.45, 2.75) is 0 Å². The van der Waals surface area contributed by atoms with Crippen LogP contribution in [0.2, 0.25) is 0 Å². The third-order valence-electron chi connectivity index (χ3n) is 9.42. The molecule has 0 radical (unpaired) electrons. The standard InChI is InChI=1S/C43H28N6/c1-3-10-29(11-4-1)40-46-41(30-12-5-2-6-13-30)48-42(47-40)31-19-17-27(18-20-31)32-22-23-33-37(26-32)49-36-16-8-7-15-35(36)45-43(49)34-24-21-28-14-9-25-44-39(28)38(33)34/h1-24,26,44H,25H2. The minimum absolute atomic E-state index is 0.641. The van der Waals surface area contributed by atoms with E-state index in [1.54, 1.807) is 0 Å². The number of pyridine rings is 1. The molecule has 0 unspecified atom stereocenters. The van der Waals surface area contributed by atoms with E-state index in [2.05, 4.69) is 101 Å². The van der Waals surface area contributed by atoms with E-state index >= 15 is 0 Å². The Hall–Kier alpha value is -6.66. The molecular formula is C43H28N6. The third-order valence-corrected chi connectivity index (χ3v) is 9.42. The molecular weight excluding hydrogens is 601 g/mol. The van der Waals surface area contributed by atoms with Crippen molar-refractivity contribution >= 4 is 50.1 Å². The highest BCUT2D eigenvalue weighted by Crippen LogP contribution is 2.40. The summed E-state index contributed by atoms with van der Waals surface area (Å²) in [7, 11) is 0. The number of rotatable bonds is 4. The maximum Gasteiger partial charge on any atom is 0.164 e. The van der Waals surface area contributed by atoms with Gasteiger partial charge < -0.3 is 5.32 Å². The number of benzene rings is 6. The number of imidazole rings is 1. The normalized spacial score (nSPS) is 12.5. The van der Waals surface area contributed by atoms with Crippen molar-refractivity contribution in [2.24, 2.45) is 0 Å². The Kier molecular flexibility index (Phi) is 6.14. The van der Waals surface area contributed by atoms with E-state index in [1.165, 1.54) is 22.0 Å². The summed E-state index contributed by atoms with van der Waals surface area (Å²) in [6, 6.07) is 48.2. The molecule has 9 aromatic rings. The molecule has 4 heterocycles. The maximum absolute atomic E-state index is 5.15. The lowest BCUT2D eigenvalue weighted by atomic mass is 9.96. The number of aromatic nitrogens is 5. The number of para-hydroxylation sites is 2. The second-order valence-electron chi connectivity index (χ2n) is 12.3. The topological polar surface area (TPSA) is 68.0 Å². The highest BCUT2D eigenvalue weighted by molar-refractivity contribution is 6.20. The molecule has 0 amide bonds. The molecule has 1 aliphatic rings. The van der Waals surface area contributed by atoms with E-state index in [4.69, 9.17) is 19.9 Å². The smallest absolute Gasteiger partial charge is 0.164 e. The molecule has 10 rings (SSSR count). The van der Waals surface area contributed by atoms with Crippen LogP contribution in [0.4, 0.5) is 5.69 Å². The predicted octanol–water partition coefficient (Wildman–Crippen LogP) is 10.1. The summed E-state index contributed by atoms with van der Waals surface area (Å²) in [4.78, 5) is 19.8. The molecule has 0 atom stereocenters. The molecule has 1 N–H and O–H groups in total. The fourth-order valence-electron chi connectivity index (χ4n) is 7.07. The van der Waals surface area contributed by atoms with Crippen molar-refractivity contribution in [3.63, 3.8) is 0 Å². The molecule has 6 nitrogen and oxygen atoms in total. The number of anilines is 1. The molecule has 6 aromatic carbocycles. The maximum atomic E-state index is 5.15. The molecule has 1 aliphatic heterocycles. The SMILES string of the molecule is C1=Cc2ccc3c(c2NC1)c1ccc(-c2ccc(-c4nc(-c5ccccc5)nc(-c5ccccc5)n4)cc2)cc1n1c2ccccc2nc31. The van der Waals surface area contributed by atoms with Crippen LogP contribution in [0.1, 0.15) is 5.56 Å². The second kappa shape index (κ2) is 11.0. The van der Waals surface area contributed by atoms with Gasteiger partial charge in [-0.3, -0.25) is 4.40 Å². The first-order valence-electron chi connectivity index (χ1n) is 16.5. The predicted molar refractivity (Wildman–Crippen MR) is 200 cm³/mol. The minimum Gasteiger partial charge on any atom is -0.381 e. The van der Waals surface area contributed by atoms with Gasteiger partial charge in [0.15, 0.2) is 17.5 Å². The van der Waals surface area contributed by atoms with E-state index < -0.39 is 0 Å². The second-order valence-corrected chi connectivity index (χ2v) is 12.3. The van der Waals surface area contributed by atoms with Gasteiger partial charge in [0.2, 0.25) is 0 Å². The van der Waals surface area contributed by atoms with Crippen molar-refractivity contribution in [3.8, 4) is 45.3 Å². The summed E-state index contributed by atoms with van der Waals surface area (Å²) < 4.78 is 2.32. The van der Waals surface area contributed by atoms with Gasteiger partial charge in [-0.05, 0) is 41.0 Å². The van der Waals surface area contributed by atoms with Crippen molar-refractivity contribution in [3.05, 3.63) is 151 Å². The number of hydrogen-bond donors (Lipinski definition) is 1. The zero-order valence-electron chi connectivity index (χ0n) is 26.4. The molecule has 0 fully saturated rings. The van der Waals surface area contributed by atoms with Gasteiger partial charge >= 0.3 is 0 Å². The van der Waals surface area contributed by atoms with Crippen LogP contribution in [0.25, 0.3) is 89.7 Å². The van der Waals surface area contributed by atoms with E-state index in [9.17, 15) is 0 Å². The van der Waals surface area contributed by atoms with Crippen LogP contribution in [0.15, 0.2) is 146 Å². The molecule has 0 spiro atoms. The number of hydrogen-bond acceptors (Lipinski definition) is 5. The Morgan fingerprint density at radius 3 is 1.80 bits per heavy atom. The number of nitrogens with zero attached hydrogens (tertiary/aromatic N) is 5. The van der Waals surface area contributed by atoms with Crippen molar-refractivity contribution < 1.29 is 0 Å². The lowest BCUT2D eigenvalue weighted by Crippen LogP contribution is -2.06.